The van der Waals surface area contributed by atoms with Crippen molar-refractivity contribution in [3.63, 3.8) is 0 Å². The van der Waals surface area contributed by atoms with Gasteiger partial charge in [-0.15, -0.1) is 0 Å². The maximum absolute atomic E-state index is 2.40. The van der Waals surface area contributed by atoms with Crippen molar-refractivity contribution in [2.75, 3.05) is 4.90 Å². The molecule has 9 aromatic rings. The smallest absolute Gasteiger partial charge is 0.0540 e. The first-order chi connectivity index (χ1) is 24.3. The molecule has 0 saturated heterocycles. The van der Waals surface area contributed by atoms with Crippen LogP contribution in [0.4, 0.5) is 17.1 Å². The fourth-order valence-electron chi connectivity index (χ4n) is 7.24. The predicted octanol–water partition coefficient (Wildman–Crippen LogP) is 13.6. The highest BCUT2D eigenvalue weighted by atomic mass is 15.1. The number of para-hydroxylation sites is 1. The van der Waals surface area contributed by atoms with Gasteiger partial charge in [-0.05, 0) is 103 Å². The summed E-state index contributed by atoms with van der Waals surface area (Å²) < 4.78 is 0. The highest BCUT2D eigenvalue weighted by molar-refractivity contribution is 6.13. The summed E-state index contributed by atoms with van der Waals surface area (Å²) in [6, 6.07) is 72.5. The van der Waals surface area contributed by atoms with Gasteiger partial charge in [0.2, 0.25) is 0 Å². The summed E-state index contributed by atoms with van der Waals surface area (Å²) in [6.07, 6.45) is 0. The molecule has 0 amide bonds. The quantitative estimate of drug-likeness (QED) is 0.167. The Kier molecular flexibility index (Phi) is 7.22. The Labute approximate surface area is 287 Å². The van der Waals surface area contributed by atoms with E-state index in [-0.39, 0.29) is 0 Å². The minimum Gasteiger partial charge on any atom is -0.310 e. The Hall–Kier alpha value is -6.44. The average molecular weight is 624 g/mol. The van der Waals surface area contributed by atoms with E-state index in [0.29, 0.717) is 0 Å². The highest BCUT2D eigenvalue weighted by Crippen LogP contribution is 2.43. The lowest BCUT2D eigenvalue weighted by atomic mass is 9.93. The van der Waals surface area contributed by atoms with Crippen molar-refractivity contribution in [1.82, 2.24) is 0 Å². The normalized spacial score (nSPS) is 11.3. The minimum absolute atomic E-state index is 1.10. The molecule has 0 bridgehead atoms. The topological polar surface area (TPSA) is 3.24 Å². The van der Waals surface area contributed by atoms with Gasteiger partial charge in [0.15, 0.2) is 0 Å². The number of hydrogen-bond donors (Lipinski definition) is 0. The molecule has 0 aliphatic carbocycles. The second kappa shape index (κ2) is 12.3. The number of anilines is 3. The third kappa shape index (κ3) is 5.32. The summed E-state index contributed by atoms with van der Waals surface area (Å²) in [7, 11) is 0. The fraction of sp³-hybridized carbons (Fsp3) is 0. The first-order valence-electron chi connectivity index (χ1n) is 16.8. The number of benzene rings is 9. The van der Waals surface area contributed by atoms with E-state index >= 15 is 0 Å². The molecule has 1 heteroatoms. The molecule has 0 atom stereocenters. The molecule has 230 valence electrons. The van der Waals surface area contributed by atoms with Crippen LogP contribution in [0.2, 0.25) is 0 Å². The molecule has 0 heterocycles. The van der Waals surface area contributed by atoms with Crippen LogP contribution in [-0.4, -0.2) is 0 Å². The molecule has 0 radical (unpaired) electrons. The van der Waals surface area contributed by atoms with Gasteiger partial charge < -0.3 is 4.90 Å². The van der Waals surface area contributed by atoms with Crippen molar-refractivity contribution in [2.24, 2.45) is 0 Å². The molecular formula is C48H33N. The standard InChI is InChI=1S/C48H33N/c1-2-13-34(14-3-1)38-18-12-19-42(32-38)49(48-24-11-10-21-44(48)40-26-25-35-15-4-5-16-37(35)31-40)41-29-27-36(28-30-41)47-33-39-17-6-7-20-43(39)45-22-8-9-23-46(45)47/h1-33H. The van der Waals surface area contributed by atoms with E-state index in [0.717, 1.165) is 17.1 Å². The second-order valence-corrected chi connectivity index (χ2v) is 12.6. The Morgan fingerprint density at radius 3 is 1.73 bits per heavy atom. The van der Waals surface area contributed by atoms with E-state index in [1.54, 1.807) is 0 Å². The van der Waals surface area contributed by atoms with Gasteiger partial charge in [0.25, 0.3) is 0 Å². The summed E-state index contributed by atoms with van der Waals surface area (Å²) in [4.78, 5) is 2.40. The van der Waals surface area contributed by atoms with Crippen LogP contribution in [0.1, 0.15) is 0 Å². The van der Waals surface area contributed by atoms with Crippen molar-refractivity contribution in [2.45, 2.75) is 0 Å². The average Bonchev–Trinajstić information content (AvgIpc) is 3.18. The van der Waals surface area contributed by atoms with Crippen LogP contribution in [0.5, 0.6) is 0 Å². The maximum atomic E-state index is 2.40. The molecule has 0 unspecified atom stereocenters. The van der Waals surface area contributed by atoms with E-state index in [4.69, 9.17) is 0 Å². The number of nitrogens with zero attached hydrogens (tertiary/aromatic N) is 1. The van der Waals surface area contributed by atoms with E-state index in [1.165, 1.54) is 65.7 Å². The molecule has 0 aliphatic rings. The van der Waals surface area contributed by atoms with Crippen LogP contribution in [-0.2, 0) is 0 Å². The van der Waals surface area contributed by atoms with Crippen LogP contribution < -0.4 is 4.90 Å². The van der Waals surface area contributed by atoms with E-state index in [9.17, 15) is 0 Å². The second-order valence-electron chi connectivity index (χ2n) is 12.6. The van der Waals surface area contributed by atoms with E-state index in [2.05, 4.69) is 205 Å². The molecule has 9 aromatic carbocycles. The molecule has 0 spiro atoms. The lowest BCUT2D eigenvalue weighted by molar-refractivity contribution is 1.28. The van der Waals surface area contributed by atoms with Gasteiger partial charge in [0, 0.05) is 16.9 Å². The van der Waals surface area contributed by atoms with Crippen LogP contribution in [0.25, 0.3) is 65.7 Å². The van der Waals surface area contributed by atoms with Crippen LogP contribution in [0.15, 0.2) is 200 Å². The molecule has 49 heavy (non-hydrogen) atoms. The molecule has 1 nitrogen and oxygen atoms in total. The minimum atomic E-state index is 1.10. The van der Waals surface area contributed by atoms with E-state index in [1.807, 2.05) is 0 Å². The maximum Gasteiger partial charge on any atom is 0.0540 e. The molecule has 0 N–H and O–H groups in total. The van der Waals surface area contributed by atoms with E-state index < -0.39 is 0 Å². The summed E-state index contributed by atoms with van der Waals surface area (Å²) >= 11 is 0. The predicted molar refractivity (Wildman–Crippen MR) is 210 cm³/mol. The number of rotatable bonds is 6. The summed E-state index contributed by atoms with van der Waals surface area (Å²) in [6.45, 7) is 0. The number of hydrogen-bond acceptors (Lipinski definition) is 1. The first kappa shape index (κ1) is 28.8. The molecule has 0 fully saturated rings. The number of fused-ring (bicyclic) bond motifs is 4. The highest BCUT2D eigenvalue weighted by Gasteiger charge is 2.18. The van der Waals surface area contributed by atoms with Gasteiger partial charge in [0.1, 0.15) is 0 Å². The summed E-state index contributed by atoms with van der Waals surface area (Å²) in [5.41, 5.74) is 10.6. The van der Waals surface area contributed by atoms with Gasteiger partial charge in [-0.2, -0.15) is 0 Å². The molecule has 0 saturated carbocycles. The van der Waals surface area contributed by atoms with Crippen molar-refractivity contribution >= 4 is 49.4 Å². The Morgan fingerprint density at radius 1 is 0.265 bits per heavy atom. The van der Waals surface area contributed by atoms with Crippen molar-refractivity contribution in [3.8, 4) is 33.4 Å². The van der Waals surface area contributed by atoms with Gasteiger partial charge in [-0.1, -0.05) is 158 Å². The Bertz CT molecular complexity index is 2600. The summed E-state index contributed by atoms with van der Waals surface area (Å²) in [5.74, 6) is 0. The Balaban J connectivity index is 1.21. The zero-order chi connectivity index (χ0) is 32.6. The first-order valence-corrected chi connectivity index (χ1v) is 16.8. The van der Waals surface area contributed by atoms with Gasteiger partial charge >= 0.3 is 0 Å². The third-order valence-corrected chi connectivity index (χ3v) is 9.62. The molecular weight excluding hydrogens is 591 g/mol. The van der Waals surface area contributed by atoms with Gasteiger partial charge in [-0.3, -0.25) is 0 Å². The monoisotopic (exact) mass is 623 g/mol. The van der Waals surface area contributed by atoms with Crippen LogP contribution >= 0.6 is 0 Å². The van der Waals surface area contributed by atoms with Crippen molar-refractivity contribution in [3.05, 3.63) is 200 Å². The molecule has 9 rings (SSSR count). The van der Waals surface area contributed by atoms with Crippen molar-refractivity contribution in [1.29, 1.82) is 0 Å². The fourth-order valence-corrected chi connectivity index (χ4v) is 7.24. The zero-order valence-corrected chi connectivity index (χ0v) is 27.0. The lowest BCUT2D eigenvalue weighted by Gasteiger charge is -2.28. The third-order valence-electron chi connectivity index (χ3n) is 9.62. The molecule has 0 aromatic heterocycles. The van der Waals surface area contributed by atoms with Crippen molar-refractivity contribution < 1.29 is 0 Å². The molecule has 0 aliphatic heterocycles. The van der Waals surface area contributed by atoms with Gasteiger partial charge in [-0.25, -0.2) is 0 Å². The zero-order valence-electron chi connectivity index (χ0n) is 27.0. The van der Waals surface area contributed by atoms with Crippen LogP contribution in [0.3, 0.4) is 0 Å². The largest absolute Gasteiger partial charge is 0.310 e. The Morgan fingerprint density at radius 2 is 0.898 bits per heavy atom. The lowest BCUT2D eigenvalue weighted by Crippen LogP contribution is -2.11. The van der Waals surface area contributed by atoms with Gasteiger partial charge in [0.05, 0.1) is 5.69 Å². The van der Waals surface area contributed by atoms with Crippen LogP contribution in [0, 0.1) is 0 Å². The summed E-state index contributed by atoms with van der Waals surface area (Å²) in [5, 5.41) is 7.57. The SMILES string of the molecule is c1ccc(-c2cccc(N(c3ccc(-c4cc5ccccc5c5ccccc45)cc3)c3ccccc3-c3ccc4ccccc4c3)c2)cc1.